The molecule has 28 heavy (non-hydrogen) atoms. The number of nitrogens with one attached hydrogen (secondary N) is 1. The average molecular weight is 376 g/mol. The molecule has 2 aliphatic heterocycles. The number of aryl methyl sites for hydroxylation is 2. The minimum Gasteiger partial charge on any atom is -0.338 e. The van der Waals surface area contributed by atoms with Crippen molar-refractivity contribution in [3.05, 3.63) is 68.6 Å². The predicted molar refractivity (Wildman–Crippen MR) is 106 cm³/mol. The van der Waals surface area contributed by atoms with Gasteiger partial charge < -0.3 is 9.88 Å². The molecule has 1 aromatic heterocycles. The molecule has 3 heterocycles. The van der Waals surface area contributed by atoms with E-state index in [0.717, 1.165) is 6.54 Å². The van der Waals surface area contributed by atoms with Crippen LogP contribution in [0.2, 0.25) is 0 Å². The first-order valence-electron chi connectivity index (χ1n) is 9.59. The number of likely N-dealkylation sites (tertiary alicyclic amines) is 2. The molecule has 1 amide bonds. The van der Waals surface area contributed by atoms with Gasteiger partial charge in [0.15, 0.2) is 0 Å². The molecule has 3 atom stereocenters. The number of hydrogen-bond donors (Lipinski definition) is 1. The smallest absolute Gasteiger partial charge is 0.266 e. The summed E-state index contributed by atoms with van der Waals surface area (Å²) in [4.78, 5) is 31.9. The molecular weight excluding hydrogens is 352 g/mol. The summed E-state index contributed by atoms with van der Waals surface area (Å²) in [5.74, 6) is 0.705. The van der Waals surface area contributed by atoms with Crippen molar-refractivity contribution < 1.29 is 4.79 Å². The third kappa shape index (κ3) is 2.92. The lowest BCUT2D eigenvalue weighted by Gasteiger charge is -2.28. The normalized spacial score (nSPS) is 24.2. The summed E-state index contributed by atoms with van der Waals surface area (Å²) >= 11 is 0. The topological polar surface area (TPSA) is 80.2 Å². The zero-order valence-electron chi connectivity index (χ0n) is 16.4. The van der Waals surface area contributed by atoms with Crippen molar-refractivity contribution in [1.82, 2.24) is 14.8 Å². The van der Waals surface area contributed by atoms with E-state index in [9.17, 15) is 9.59 Å². The number of aromatic amines is 1. The van der Waals surface area contributed by atoms with Crippen LogP contribution >= 0.6 is 0 Å². The van der Waals surface area contributed by atoms with Gasteiger partial charge in [-0.3, -0.25) is 14.5 Å². The van der Waals surface area contributed by atoms with Gasteiger partial charge in [-0.05, 0) is 44.0 Å². The van der Waals surface area contributed by atoms with E-state index >= 15 is 0 Å². The largest absolute Gasteiger partial charge is 0.338 e. The maximum Gasteiger partial charge on any atom is 0.266 e. The quantitative estimate of drug-likeness (QED) is 0.872. The molecule has 1 aromatic carbocycles. The SMILES string of the molecule is Cc1ccccc1[C@@H]1[C@@H]2CN(C(=O)c3cc(C#N)c(=O)[nH]c3C)C[C@@H]2CN1C. The molecule has 0 spiro atoms. The van der Waals surface area contributed by atoms with Gasteiger partial charge in [-0.1, -0.05) is 24.3 Å². The number of benzene rings is 1. The highest BCUT2D eigenvalue weighted by Gasteiger charge is 2.47. The minimum atomic E-state index is -0.448. The van der Waals surface area contributed by atoms with Crippen molar-refractivity contribution in [3.8, 4) is 6.07 Å². The maximum absolute atomic E-state index is 13.2. The molecule has 6 heteroatoms. The van der Waals surface area contributed by atoms with Gasteiger partial charge in [0.25, 0.3) is 11.5 Å². The van der Waals surface area contributed by atoms with Gasteiger partial charge in [-0.15, -0.1) is 0 Å². The van der Waals surface area contributed by atoms with E-state index in [0.29, 0.717) is 42.2 Å². The Balaban J connectivity index is 1.61. The summed E-state index contributed by atoms with van der Waals surface area (Å²) in [5, 5.41) is 9.13. The fourth-order valence-corrected chi connectivity index (χ4v) is 4.91. The highest BCUT2D eigenvalue weighted by Crippen LogP contribution is 2.45. The van der Waals surface area contributed by atoms with Gasteiger partial charge in [0.05, 0.1) is 5.56 Å². The minimum absolute atomic E-state index is 0.0224. The highest BCUT2D eigenvalue weighted by molar-refractivity contribution is 5.95. The lowest BCUT2D eigenvalue weighted by molar-refractivity contribution is 0.0766. The zero-order valence-corrected chi connectivity index (χ0v) is 16.4. The van der Waals surface area contributed by atoms with E-state index in [1.807, 2.05) is 11.0 Å². The molecule has 6 nitrogen and oxygen atoms in total. The first-order valence-corrected chi connectivity index (χ1v) is 9.59. The molecule has 1 N–H and O–H groups in total. The van der Waals surface area contributed by atoms with E-state index < -0.39 is 5.56 Å². The molecule has 4 rings (SSSR count). The van der Waals surface area contributed by atoms with Gasteiger partial charge in [-0.2, -0.15) is 5.26 Å². The van der Waals surface area contributed by atoms with Crippen LogP contribution in [0.4, 0.5) is 0 Å². The Morgan fingerprint density at radius 1 is 1.21 bits per heavy atom. The van der Waals surface area contributed by atoms with Crippen LogP contribution in [0.1, 0.15) is 38.8 Å². The molecule has 2 aliphatic rings. The van der Waals surface area contributed by atoms with Crippen LogP contribution in [0.3, 0.4) is 0 Å². The van der Waals surface area contributed by atoms with Crippen molar-refractivity contribution in [3.63, 3.8) is 0 Å². The van der Waals surface area contributed by atoms with Crippen LogP contribution in [-0.4, -0.2) is 47.4 Å². The number of hydrogen-bond acceptors (Lipinski definition) is 4. The first kappa shape index (κ1) is 18.5. The fourth-order valence-electron chi connectivity index (χ4n) is 4.91. The number of carbonyl (C=O) groups excluding carboxylic acids is 1. The molecular formula is C22H24N4O2. The molecule has 0 radical (unpaired) electrons. The molecule has 0 unspecified atom stereocenters. The van der Waals surface area contributed by atoms with Gasteiger partial charge in [0, 0.05) is 37.3 Å². The van der Waals surface area contributed by atoms with Crippen molar-refractivity contribution >= 4 is 5.91 Å². The van der Waals surface area contributed by atoms with Gasteiger partial charge in [0.2, 0.25) is 0 Å². The molecule has 2 saturated heterocycles. The fraction of sp³-hybridized carbons (Fsp3) is 0.409. The van der Waals surface area contributed by atoms with Crippen LogP contribution in [0.5, 0.6) is 0 Å². The number of nitrogens with zero attached hydrogens (tertiary/aromatic N) is 3. The van der Waals surface area contributed by atoms with Crippen molar-refractivity contribution in [2.75, 3.05) is 26.7 Å². The van der Waals surface area contributed by atoms with Crippen molar-refractivity contribution in [2.24, 2.45) is 11.8 Å². The second-order valence-corrected chi connectivity index (χ2v) is 8.04. The van der Waals surface area contributed by atoms with Crippen LogP contribution in [-0.2, 0) is 0 Å². The van der Waals surface area contributed by atoms with E-state index in [2.05, 4.69) is 48.1 Å². The Labute approximate surface area is 164 Å². The maximum atomic E-state index is 13.2. The van der Waals surface area contributed by atoms with Crippen LogP contribution in [0.15, 0.2) is 35.1 Å². The van der Waals surface area contributed by atoms with Gasteiger partial charge >= 0.3 is 0 Å². The van der Waals surface area contributed by atoms with Gasteiger partial charge in [-0.25, -0.2) is 0 Å². The van der Waals surface area contributed by atoms with Crippen LogP contribution < -0.4 is 5.56 Å². The van der Waals surface area contributed by atoms with E-state index in [1.54, 1.807) is 6.92 Å². The third-order valence-corrected chi connectivity index (χ3v) is 6.28. The molecule has 0 bridgehead atoms. The Kier molecular flexibility index (Phi) is 4.56. The standard InChI is InChI=1S/C22H24N4O2/c1-13-6-4-5-7-17(13)20-19-12-26(11-16(19)10-25(20)3)22(28)18-8-15(9-23)21(27)24-14(18)2/h4-8,16,19-20H,10-12H2,1-3H3,(H,24,27)/t16-,19+,20+/m0/s1. The zero-order chi connectivity index (χ0) is 20.0. The second-order valence-electron chi connectivity index (χ2n) is 8.04. The van der Waals surface area contributed by atoms with Crippen LogP contribution in [0, 0.1) is 37.0 Å². The number of carbonyl (C=O) groups is 1. The number of fused-ring (bicyclic) bond motifs is 1. The Bertz CT molecular complexity index is 1040. The number of pyridine rings is 1. The van der Waals surface area contributed by atoms with E-state index in [4.69, 9.17) is 5.26 Å². The highest BCUT2D eigenvalue weighted by atomic mass is 16.2. The summed E-state index contributed by atoms with van der Waals surface area (Å²) in [6.07, 6.45) is 0. The number of aromatic nitrogens is 1. The summed E-state index contributed by atoms with van der Waals surface area (Å²) < 4.78 is 0. The molecule has 0 saturated carbocycles. The van der Waals surface area contributed by atoms with E-state index in [1.165, 1.54) is 17.2 Å². The molecule has 144 valence electrons. The van der Waals surface area contributed by atoms with Crippen molar-refractivity contribution in [2.45, 2.75) is 19.9 Å². The number of amides is 1. The predicted octanol–water partition coefficient (Wildman–Crippen LogP) is 2.24. The van der Waals surface area contributed by atoms with E-state index in [-0.39, 0.29) is 11.5 Å². The number of H-pyrrole nitrogens is 1. The summed E-state index contributed by atoms with van der Waals surface area (Å²) in [6, 6.07) is 12.1. The van der Waals surface area contributed by atoms with Crippen LogP contribution in [0.25, 0.3) is 0 Å². The second kappa shape index (κ2) is 6.92. The number of nitriles is 1. The average Bonchev–Trinajstić information content (AvgIpc) is 3.19. The lowest BCUT2D eigenvalue weighted by atomic mass is 9.88. The summed E-state index contributed by atoms with van der Waals surface area (Å²) in [6.45, 7) is 6.20. The molecule has 2 aromatic rings. The van der Waals surface area contributed by atoms with Gasteiger partial charge in [0.1, 0.15) is 11.6 Å². The third-order valence-electron chi connectivity index (χ3n) is 6.28. The summed E-state index contributed by atoms with van der Waals surface area (Å²) in [5.41, 5.74) is 3.07. The Hall–Kier alpha value is -2.91. The Morgan fingerprint density at radius 3 is 2.68 bits per heavy atom. The molecule has 2 fully saturated rings. The first-order chi connectivity index (χ1) is 13.4. The summed E-state index contributed by atoms with van der Waals surface area (Å²) in [7, 11) is 2.16. The van der Waals surface area contributed by atoms with Crippen molar-refractivity contribution in [1.29, 1.82) is 5.26 Å². The number of rotatable bonds is 2. The monoisotopic (exact) mass is 376 g/mol. The lowest BCUT2D eigenvalue weighted by Crippen LogP contribution is -2.34. The molecule has 0 aliphatic carbocycles. The Morgan fingerprint density at radius 2 is 1.96 bits per heavy atom.